The van der Waals surface area contributed by atoms with Crippen LogP contribution in [0.25, 0.3) is 0 Å². The Hall–Kier alpha value is -1.64. The zero-order chi connectivity index (χ0) is 10.7. The number of aromatic nitrogens is 1. The Balaban J connectivity index is 3.22. The topological polar surface area (TPSA) is 36.7 Å². The summed E-state index contributed by atoms with van der Waals surface area (Å²) in [6.45, 7) is 0. The molecule has 0 aliphatic rings. The smallest absolute Gasteiger partial charge is 0.246 e. The van der Waals surface area contributed by atoms with Crippen molar-refractivity contribution in [3.63, 3.8) is 0 Å². The molecule has 0 radical (unpaired) electrons. The second kappa shape index (κ2) is 4.05. The zero-order valence-electron chi connectivity index (χ0n) is 6.72. The van der Waals surface area contributed by atoms with Gasteiger partial charge in [0.05, 0.1) is 11.6 Å². The lowest BCUT2D eigenvalue weighted by Crippen LogP contribution is -1.98. The molecule has 0 spiro atoms. The number of hydrogen-bond acceptors (Lipinski definition) is 2. The van der Waals surface area contributed by atoms with Crippen molar-refractivity contribution >= 4 is 0 Å². The lowest BCUT2D eigenvalue weighted by atomic mass is 10.2. The minimum atomic E-state index is -2.96. The number of rotatable bonds is 2. The molecule has 0 fully saturated rings. The third-order valence-corrected chi connectivity index (χ3v) is 1.44. The maximum absolute atomic E-state index is 12.1. The van der Waals surface area contributed by atoms with Crippen molar-refractivity contribution in [1.82, 2.24) is 4.98 Å². The molecule has 0 saturated carbocycles. The predicted octanol–water partition coefficient (Wildman–Crippen LogP) is 2.83. The van der Waals surface area contributed by atoms with E-state index in [0.717, 1.165) is 12.1 Å². The van der Waals surface area contributed by atoms with Crippen LogP contribution in [0.3, 0.4) is 0 Å². The van der Waals surface area contributed by atoms with Gasteiger partial charge in [0, 0.05) is 0 Å². The molecule has 0 atom stereocenters. The van der Waals surface area contributed by atoms with Gasteiger partial charge < -0.3 is 0 Å². The highest BCUT2D eigenvalue weighted by Crippen LogP contribution is 2.23. The Morgan fingerprint density at radius 2 is 1.50 bits per heavy atom. The van der Waals surface area contributed by atoms with Crippen molar-refractivity contribution in [3.05, 3.63) is 29.1 Å². The van der Waals surface area contributed by atoms with Crippen LogP contribution in [0.5, 0.6) is 0 Å². The Morgan fingerprint density at radius 1 is 1.07 bits per heavy atom. The van der Waals surface area contributed by atoms with Gasteiger partial charge in [-0.1, -0.05) is 0 Å². The Bertz CT molecular complexity index is 344. The molecule has 0 bridgehead atoms. The van der Waals surface area contributed by atoms with Crippen LogP contribution in [0.1, 0.15) is 29.8 Å². The van der Waals surface area contributed by atoms with Crippen LogP contribution in [-0.4, -0.2) is 4.98 Å². The molecule has 1 rings (SSSR count). The molecular weight excluding hydrogens is 200 g/mol. The summed E-state index contributed by atoms with van der Waals surface area (Å²) in [5, 5.41) is 8.38. The number of nitriles is 1. The van der Waals surface area contributed by atoms with Crippen molar-refractivity contribution in [2.75, 3.05) is 0 Å². The first-order valence-electron chi connectivity index (χ1n) is 3.53. The maximum atomic E-state index is 12.1. The van der Waals surface area contributed by atoms with E-state index in [2.05, 4.69) is 4.98 Å². The quantitative estimate of drug-likeness (QED) is 0.694. The zero-order valence-corrected chi connectivity index (χ0v) is 6.72. The molecule has 1 aromatic heterocycles. The number of hydrogen-bond donors (Lipinski definition) is 0. The van der Waals surface area contributed by atoms with E-state index in [1.165, 1.54) is 6.07 Å². The number of halogens is 4. The highest BCUT2D eigenvalue weighted by molar-refractivity contribution is 5.32. The minimum Gasteiger partial charge on any atom is -0.246 e. The average Bonchev–Trinajstić information content (AvgIpc) is 2.16. The summed E-state index contributed by atoms with van der Waals surface area (Å²) >= 11 is 0. The lowest BCUT2D eigenvalue weighted by molar-refractivity contribution is 0.133. The molecule has 0 aliphatic heterocycles. The molecule has 0 aromatic carbocycles. The van der Waals surface area contributed by atoms with Crippen molar-refractivity contribution in [1.29, 1.82) is 5.26 Å². The Kier molecular flexibility index (Phi) is 3.02. The van der Waals surface area contributed by atoms with Crippen LogP contribution < -0.4 is 0 Å². The van der Waals surface area contributed by atoms with Gasteiger partial charge in [-0.3, -0.25) is 0 Å². The highest BCUT2D eigenvalue weighted by Gasteiger charge is 2.16. The molecule has 1 heterocycles. The van der Waals surface area contributed by atoms with Gasteiger partial charge >= 0.3 is 0 Å². The Morgan fingerprint density at radius 3 is 1.79 bits per heavy atom. The van der Waals surface area contributed by atoms with Gasteiger partial charge in [0.15, 0.2) is 0 Å². The van der Waals surface area contributed by atoms with Crippen molar-refractivity contribution in [2.24, 2.45) is 0 Å². The highest BCUT2D eigenvalue weighted by atomic mass is 19.3. The summed E-state index contributed by atoms with van der Waals surface area (Å²) in [5.74, 6) is 0. The van der Waals surface area contributed by atoms with E-state index < -0.39 is 24.2 Å². The van der Waals surface area contributed by atoms with Crippen molar-refractivity contribution in [3.8, 4) is 6.07 Å². The maximum Gasteiger partial charge on any atom is 0.280 e. The van der Waals surface area contributed by atoms with Gasteiger partial charge in [-0.25, -0.2) is 22.5 Å². The van der Waals surface area contributed by atoms with Gasteiger partial charge in [-0.2, -0.15) is 5.26 Å². The fourth-order valence-corrected chi connectivity index (χ4v) is 0.862. The van der Waals surface area contributed by atoms with Crippen LogP contribution in [0.15, 0.2) is 12.1 Å². The van der Waals surface area contributed by atoms with Crippen LogP contribution in [0.4, 0.5) is 17.6 Å². The number of nitrogens with zero attached hydrogens (tertiary/aromatic N) is 2. The second-order valence-electron chi connectivity index (χ2n) is 2.42. The monoisotopic (exact) mass is 204 g/mol. The largest absolute Gasteiger partial charge is 0.280 e. The van der Waals surface area contributed by atoms with E-state index >= 15 is 0 Å². The molecule has 6 heteroatoms. The summed E-state index contributed by atoms with van der Waals surface area (Å²) in [6, 6.07) is 3.09. The molecule has 0 unspecified atom stereocenters. The van der Waals surface area contributed by atoms with Crippen molar-refractivity contribution < 1.29 is 17.6 Å². The molecule has 2 nitrogen and oxygen atoms in total. The molecule has 14 heavy (non-hydrogen) atoms. The summed E-state index contributed by atoms with van der Waals surface area (Å²) in [5.41, 5.74) is -1.86. The van der Waals surface area contributed by atoms with E-state index in [1.54, 1.807) is 0 Å². The van der Waals surface area contributed by atoms with Gasteiger partial charge in [-0.15, -0.1) is 0 Å². The first kappa shape index (κ1) is 10.4. The average molecular weight is 204 g/mol. The van der Waals surface area contributed by atoms with E-state index in [4.69, 9.17) is 5.26 Å². The van der Waals surface area contributed by atoms with Crippen molar-refractivity contribution in [2.45, 2.75) is 12.9 Å². The van der Waals surface area contributed by atoms with Gasteiger partial charge in [-0.05, 0) is 12.1 Å². The lowest BCUT2D eigenvalue weighted by Gasteiger charge is -2.03. The van der Waals surface area contributed by atoms with E-state index in [-0.39, 0.29) is 5.56 Å². The van der Waals surface area contributed by atoms with Crippen LogP contribution >= 0.6 is 0 Å². The van der Waals surface area contributed by atoms with Crippen LogP contribution in [0, 0.1) is 11.3 Å². The standard InChI is InChI=1S/C8H4F4N2/c9-7(10)5-1-4(3-13)2-6(14-5)8(11)12/h1-2,7-8H. The third-order valence-electron chi connectivity index (χ3n) is 1.44. The summed E-state index contributed by atoms with van der Waals surface area (Å²) in [4.78, 5) is 3.03. The fraction of sp³-hybridized carbons (Fsp3) is 0.250. The van der Waals surface area contributed by atoms with Gasteiger partial charge in [0.2, 0.25) is 0 Å². The predicted molar refractivity (Wildman–Crippen MR) is 38.9 cm³/mol. The molecule has 0 N–H and O–H groups in total. The van der Waals surface area contributed by atoms with Crippen LogP contribution in [-0.2, 0) is 0 Å². The van der Waals surface area contributed by atoms with Gasteiger partial charge in [0.1, 0.15) is 11.4 Å². The minimum absolute atomic E-state index is 0.245. The first-order chi connectivity index (χ1) is 6.54. The molecular formula is C8H4F4N2. The molecule has 74 valence electrons. The molecule has 1 aromatic rings. The van der Waals surface area contributed by atoms with Gasteiger partial charge in [0.25, 0.3) is 12.9 Å². The van der Waals surface area contributed by atoms with Crippen LogP contribution in [0.2, 0.25) is 0 Å². The van der Waals surface area contributed by atoms with E-state index in [9.17, 15) is 17.6 Å². The Labute approximate surface area is 76.8 Å². The summed E-state index contributed by atoms with van der Waals surface area (Å²) in [6.07, 6.45) is -5.92. The number of alkyl halides is 4. The fourth-order valence-electron chi connectivity index (χ4n) is 0.862. The first-order valence-corrected chi connectivity index (χ1v) is 3.53. The third kappa shape index (κ3) is 2.19. The molecule has 0 amide bonds. The molecule has 0 saturated heterocycles. The van der Waals surface area contributed by atoms with E-state index in [1.807, 2.05) is 0 Å². The SMILES string of the molecule is N#Cc1cc(C(F)F)nc(C(F)F)c1. The summed E-state index contributed by atoms with van der Waals surface area (Å²) in [7, 11) is 0. The number of pyridine rings is 1. The normalized spacial score (nSPS) is 10.6. The van der Waals surface area contributed by atoms with E-state index in [0.29, 0.717) is 0 Å². The molecule has 0 aliphatic carbocycles. The summed E-state index contributed by atoms with van der Waals surface area (Å²) < 4.78 is 48.4. The second-order valence-corrected chi connectivity index (χ2v) is 2.42.